The fourth-order valence-corrected chi connectivity index (χ4v) is 4.03. The van der Waals surface area contributed by atoms with Crippen molar-refractivity contribution in [3.63, 3.8) is 0 Å². The molecule has 1 N–H and O–H groups in total. The van der Waals surface area contributed by atoms with Gasteiger partial charge < -0.3 is 0 Å². The number of nitrogens with zero attached hydrogens (tertiary/aromatic N) is 1. The second-order valence-corrected chi connectivity index (χ2v) is 7.98. The highest BCUT2D eigenvalue weighted by Gasteiger charge is 2.60. The Balaban J connectivity index is 1.49. The average Bonchev–Trinajstić information content (AvgIpc) is 3.52. The Bertz CT molecular complexity index is 1020. The number of carbonyl (C=O) groups excluding carboxylic acids is 1. The molecule has 0 bridgehead atoms. The summed E-state index contributed by atoms with van der Waals surface area (Å²) >= 11 is 0. The molecule has 1 aliphatic carbocycles. The van der Waals surface area contributed by atoms with Gasteiger partial charge in [0.15, 0.2) is 0 Å². The lowest BCUT2D eigenvalue weighted by atomic mass is 9.85. The molecule has 0 spiro atoms. The summed E-state index contributed by atoms with van der Waals surface area (Å²) in [6.07, 6.45) is 6.19. The third kappa shape index (κ3) is 4.11. The van der Waals surface area contributed by atoms with E-state index in [-0.39, 0.29) is 17.2 Å². The second kappa shape index (κ2) is 8.50. The van der Waals surface area contributed by atoms with Crippen molar-refractivity contribution >= 4 is 18.2 Å². The molecule has 3 heteroatoms. The van der Waals surface area contributed by atoms with Crippen LogP contribution in [-0.4, -0.2) is 12.1 Å². The van der Waals surface area contributed by atoms with Gasteiger partial charge in [0.05, 0.1) is 5.92 Å². The van der Waals surface area contributed by atoms with Gasteiger partial charge in [-0.15, -0.1) is 0 Å². The minimum Gasteiger partial charge on any atom is -0.273 e. The summed E-state index contributed by atoms with van der Waals surface area (Å²) < 4.78 is 0. The molecule has 1 saturated carbocycles. The van der Waals surface area contributed by atoms with Crippen LogP contribution in [-0.2, 0) is 10.2 Å². The number of amides is 1. The summed E-state index contributed by atoms with van der Waals surface area (Å²) in [5.41, 5.74) is 8.35. The third-order valence-electron chi connectivity index (χ3n) is 5.83. The van der Waals surface area contributed by atoms with Crippen LogP contribution in [0.25, 0.3) is 6.08 Å². The van der Waals surface area contributed by atoms with E-state index in [4.69, 9.17) is 0 Å². The summed E-state index contributed by atoms with van der Waals surface area (Å²) in [6.45, 7) is 4.16. The minimum absolute atomic E-state index is 0.0412. The van der Waals surface area contributed by atoms with Crippen LogP contribution in [0, 0.1) is 19.8 Å². The van der Waals surface area contributed by atoms with E-state index >= 15 is 0 Å². The standard InChI is InChI=1S/C27H26N2O/c1-20-10-14-23(15-11-20)27(24-16-12-21(2)13-17-24)19-25(27)26(30)29-28-18-6-9-22-7-4-3-5-8-22/h3-18,25H,19H2,1-2H3,(H,29,30)/b9-6+,28-18-/t25-/m1/s1. The molecule has 3 nitrogen and oxygen atoms in total. The SMILES string of the molecule is Cc1ccc(C2(c3ccc(C)cc3)C[C@@H]2C(=O)N/N=C\C=C\c2ccccc2)cc1. The van der Waals surface area contributed by atoms with Gasteiger partial charge in [-0.1, -0.05) is 96.1 Å². The molecule has 3 aromatic rings. The normalized spacial score (nSPS) is 17.3. The van der Waals surface area contributed by atoms with Gasteiger partial charge in [0.25, 0.3) is 0 Å². The smallest absolute Gasteiger partial charge is 0.244 e. The number of nitrogens with one attached hydrogen (secondary N) is 1. The molecular formula is C27H26N2O. The van der Waals surface area contributed by atoms with E-state index in [9.17, 15) is 4.79 Å². The van der Waals surface area contributed by atoms with Crippen molar-refractivity contribution < 1.29 is 4.79 Å². The van der Waals surface area contributed by atoms with Gasteiger partial charge in [0, 0.05) is 11.6 Å². The Morgan fingerprint density at radius 1 is 0.900 bits per heavy atom. The van der Waals surface area contributed by atoms with Crippen molar-refractivity contribution in [2.45, 2.75) is 25.7 Å². The largest absolute Gasteiger partial charge is 0.273 e. The molecule has 0 aliphatic heterocycles. The van der Waals surface area contributed by atoms with Gasteiger partial charge in [-0.25, -0.2) is 5.43 Å². The fourth-order valence-electron chi connectivity index (χ4n) is 4.03. The van der Waals surface area contributed by atoms with Crippen LogP contribution in [0.3, 0.4) is 0 Å². The minimum atomic E-state index is -0.277. The molecule has 0 aromatic heterocycles. The molecule has 1 amide bonds. The maximum Gasteiger partial charge on any atom is 0.244 e. The number of hydrogen-bond donors (Lipinski definition) is 1. The molecule has 0 saturated heterocycles. The first-order valence-corrected chi connectivity index (χ1v) is 10.3. The molecule has 1 atom stereocenters. The van der Waals surface area contributed by atoms with Crippen LogP contribution in [0.2, 0.25) is 0 Å². The van der Waals surface area contributed by atoms with E-state index in [1.54, 1.807) is 6.21 Å². The van der Waals surface area contributed by atoms with E-state index < -0.39 is 0 Å². The Morgan fingerprint density at radius 3 is 2.03 bits per heavy atom. The van der Waals surface area contributed by atoms with Gasteiger partial charge in [0.1, 0.15) is 0 Å². The van der Waals surface area contributed by atoms with Crippen LogP contribution in [0.15, 0.2) is 90.0 Å². The van der Waals surface area contributed by atoms with Gasteiger partial charge in [-0.3, -0.25) is 4.79 Å². The highest BCUT2D eigenvalue weighted by atomic mass is 16.2. The van der Waals surface area contributed by atoms with Crippen molar-refractivity contribution in [2.24, 2.45) is 11.0 Å². The molecule has 1 aliphatic rings. The molecule has 1 fully saturated rings. The summed E-state index contributed by atoms with van der Waals surface area (Å²) in [6, 6.07) is 27.0. The molecule has 150 valence electrons. The maximum atomic E-state index is 12.9. The van der Waals surface area contributed by atoms with E-state index in [1.807, 2.05) is 42.5 Å². The number of benzene rings is 3. The monoisotopic (exact) mass is 394 g/mol. The quantitative estimate of drug-likeness (QED) is 0.440. The maximum absolute atomic E-state index is 12.9. The third-order valence-corrected chi connectivity index (χ3v) is 5.83. The zero-order valence-corrected chi connectivity index (χ0v) is 17.4. The van der Waals surface area contributed by atoms with Crippen molar-refractivity contribution in [2.75, 3.05) is 0 Å². The first kappa shape index (κ1) is 19.8. The molecule has 0 heterocycles. The number of hydrazone groups is 1. The van der Waals surface area contributed by atoms with Crippen LogP contribution in [0.4, 0.5) is 0 Å². The van der Waals surface area contributed by atoms with E-state index in [2.05, 4.69) is 72.9 Å². The van der Waals surface area contributed by atoms with Gasteiger partial charge in [-0.05, 0) is 43.0 Å². The first-order valence-electron chi connectivity index (χ1n) is 10.3. The molecule has 3 aromatic carbocycles. The highest BCUT2D eigenvalue weighted by molar-refractivity contribution is 5.87. The van der Waals surface area contributed by atoms with E-state index in [1.165, 1.54) is 22.3 Å². The first-order chi connectivity index (χ1) is 14.6. The average molecular weight is 395 g/mol. The predicted octanol–water partition coefficient (Wildman–Crippen LogP) is 5.42. The Kier molecular flexibility index (Phi) is 5.62. The van der Waals surface area contributed by atoms with E-state index in [0.29, 0.717) is 0 Å². The van der Waals surface area contributed by atoms with Gasteiger partial charge in [-0.2, -0.15) is 5.10 Å². The zero-order valence-electron chi connectivity index (χ0n) is 17.4. The molecule has 4 rings (SSSR count). The summed E-state index contributed by atoms with van der Waals surface area (Å²) in [5.74, 6) is -0.168. The second-order valence-electron chi connectivity index (χ2n) is 7.98. The van der Waals surface area contributed by atoms with E-state index in [0.717, 1.165) is 12.0 Å². The lowest BCUT2D eigenvalue weighted by Gasteiger charge is -2.19. The molecule has 0 radical (unpaired) electrons. The summed E-state index contributed by atoms with van der Waals surface area (Å²) in [5, 5.41) is 4.12. The zero-order chi connectivity index (χ0) is 21.0. The molecule has 30 heavy (non-hydrogen) atoms. The Morgan fingerprint density at radius 2 is 1.47 bits per heavy atom. The van der Waals surface area contributed by atoms with Crippen molar-refractivity contribution in [3.05, 3.63) is 113 Å². The lowest BCUT2D eigenvalue weighted by molar-refractivity contribution is -0.122. The van der Waals surface area contributed by atoms with Gasteiger partial charge in [0.2, 0.25) is 5.91 Å². The number of allylic oxidation sites excluding steroid dienone is 1. The van der Waals surface area contributed by atoms with Crippen LogP contribution in [0.1, 0.15) is 34.2 Å². The number of carbonyl (C=O) groups is 1. The number of hydrogen-bond acceptors (Lipinski definition) is 2. The Hall–Kier alpha value is -3.46. The van der Waals surface area contributed by atoms with Crippen molar-refractivity contribution in [3.8, 4) is 0 Å². The van der Waals surface area contributed by atoms with Crippen LogP contribution in [0.5, 0.6) is 0 Å². The predicted molar refractivity (Wildman–Crippen MR) is 123 cm³/mol. The van der Waals surface area contributed by atoms with Crippen LogP contribution < -0.4 is 5.43 Å². The highest BCUT2D eigenvalue weighted by Crippen LogP contribution is 2.59. The molecule has 0 unspecified atom stereocenters. The summed E-state index contributed by atoms with van der Waals surface area (Å²) in [7, 11) is 0. The van der Waals surface area contributed by atoms with Gasteiger partial charge >= 0.3 is 0 Å². The fraction of sp³-hybridized carbons (Fsp3) is 0.185. The van der Waals surface area contributed by atoms with Crippen LogP contribution >= 0.6 is 0 Å². The topological polar surface area (TPSA) is 41.5 Å². The Labute approximate surface area is 178 Å². The summed E-state index contributed by atoms with van der Waals surface area (Å²) in [4.78, 5) is 12.9. The number of rotatable bonds is 6. The van der Waals surface area contributed by atoms with Crippen molar-refractivity contribution in [1.82, 2.24) is 5.43 Å². The number of aryl methyl sites for hydroxylation is 2. The van der Waals surface area contributed by atoms with Crippen molar-refractivity contribution in [1.29, 1.82) is 0 Å². The molecular weight excluding hydrogens is 368 g/mol. The lowest BCUT2D eigenvalue weighted by Crippen LogP contribution is -2.25.